The van der Waals surface area contributed by atoms with Crippen molar-refractivity contribution in [2.75, 3.05) is 13.1 Å². The Kier molecular flexibility index (Phi) is 7.50. The molecule has 3 N–H and O–H groups in total. The van der Waals surface area contributed by atoms with E-state index >= 15 is 0 Å². The zero-order chi connectivity index (χ0) is 14.1. The van der Waals surface area contributed by atoms with Gasteiger partial charge in [0, 0.05) is 13.1 Å². The third-order valence-electron chi connectivity index (χ3n) is 2.25. The predicted molar refractivity (Wildman–Crippen MR) is 64.4 cm³/mol. The first kappa shape index (κ1) is 16.2. The molecule has 0 rings (SSSR count). The van der Waals surface area contributed by atoms with E-state index in [1.54, 1.807) is 0 Å². The molecule has 0 heterocycles. The summed E-state index contributed by atoms with van der Waals surface area (Å²) in [5, 5.41) is 19.6. The number of carbonyl (C=O) groups is 3. The highest BCUT2D eigenvalue weighted by molar-refractivity contribution is 5.86. The Balaban J connectivity index is 4.54. The van der Waals surface area contributed by atoms with Crippen molar-refractivity contribution >= 4 is 18.0 Å². The number of urea groups is 1. The molecule has 0 aliphatic carbocycles. The van der Waals surface area contributed by atoms with E-state index < -0.39 is 30.4 Å². The summed E-state index contributed by atoms with van der Waals surface area (Å²) in [5.74, 6) is -2.61. The molecule has 18 heavy (non-hydrogen) atoms. The summed E-state index contributed by atoms with van der Waals surface area (Å²) in [6.45, 7) is 4.84. The summed E-state index contributed by atoms with van der Waals surface area (Å²) < 4.78 is 0. The highest BCUT2D eigenvalue weighted by Crippen LogP contribution is 1.99. The zero-order valence-corrected chi connectivity index (χ0v) is 10.7. The SMILES string of the molecule is CCCN(CCC)C(=O)NC(CC(=O)O)C(=O)O. The molecular weight excluding hydrogens is 240 g/mol. The van der Waals surface area contributed by atoms with Crippen LogP contribution in [0.15, 0.2) is 0 Å². The van der Waals surface area contributed by atoms with Gasteiger partial charge >= 0.3 is 18.0 Å². The molecule has 0 spiro atoms. The Morgan fingerprint density at radius 1 is 1.11 bits per heavy atom. The minimum atomic E-state index is -1.40. The van der Waals surface area contributed by atoms with Gasteiger partial charge in [-0.25, -0.2) is 9.59 Å². The van der Waals surface area contributed by atoms with Gasteiger partial charge < -0.3 is 20.4 Å². The molecular formula is C11H20N2O5. The summed E-state index contributed by atoms with van der Waals surface area (Å²) in [4.78, 5) is 34.6. The minimum Gasteiger partial charge on any atom is -0.481 e. The molecule has 0 aromatic heterocycles. The molecule has 7 heteroatoms. The van der Waals surface area contributed by atoms with Crippen LogP contribution in [0.25, 0.3) is 0 Å². The van der Waals surface area contributed by atoms with E-state index in [4.69, 9.17) is 10.2 Å². The number of amides is 2. The minimum absolute atomic E-state index is 0.513. The van der Waals surface area contributed by atoms with Crippen LogP contribution in [0, 0.1) is 0 Å². The molecule has 0 aromatic rings. The van der Waals surface area contributed by atoms with Gasteiger partial charge in [0.2, 0.25) is 0 Å². The van der Waals surface area contributed by atoms with E-state index in [-0.39, 0.29) is 0 Å². The van der Waals surface area contributed by atoms with Crippen LogP contribution in [0.5, 0.6) is 0 Å². The predicted octanol–water partition coefficient (Wildman–Crippen LogP) is 0.746. The Bertz CT molecular complexity index is 300. The van der Waals surface area contributed by atoms with E-state index in [1.165, 1.54) is 4.90 Å². The number of carbonyl (C=O) groups excluding carboxylic acids is 1. The molecule has 1 atom stereocenters. The van der Waals surface area contributed by atoms with Gasteiger partial charge in [-0.2, -0.15) is 0 Å². The van der Waals surface area contributed by atoms with Gasteiger partial charge in [0.25, 0.3) is 0 Å². The monoisotopic (exact) mass is 260 g/mol. The summed E-state index contributed by atoms with van der Waals surface area (Å²) >= 11 is 0. The molecule has 0 aliphatic rings. The molecule has 0 aromatic carbocycles. The van der Waals surface area contributed by atoms with E-state index in [2.05, 4.69) is 5.32 Å². The number of carboxylic acids is 2. The first-order chi connectivity index (χ1) is 8.42. The lowest BCUT2D eigenvalue weighted by Crippen LogP contribution is -2.49. The number of hydrogen-bond acceptors (Lipinski definition) is 3. The van der Waals surface area contributed by atoms with Crippen LogP contribution in [-0.4, -0.2) is 52.2 Å². The third kappa shape index (κ3) is 6.07. The lowest BCUT2D eigenvalue weighted by molar-refractivity contribution is -0.145. The van der Waals surface area contributed by atoms with Crippen LogP contribution < -0.4 is 5.32 Å². The first-order valence-corrected chi connectivity index (χ1v) is 5.92. The van der Waals surface area contributed by atoms with Crippen LogP contribution in [0.2, 0.25) is 0 Å². The Morgan fingerprint density at radius 3 is 1.94 bits per heavy atom. The van der Waals surface area contributed by atoms with Crippen LogP contribution in [-0.2, 0) is 9.59 Å². The van der Waals surface area contributed by atoms with Crippen LogP contribution >= 0.6 is 0 Å². The van der Waals surface area contributed by atoms with Crippen LogP contribution in [0.3, 0.4) is 0 Å². The topological polar surface area (TPSA) is 107 Å². The first-order valence-electron chi connectivity index (χ1n) is 5.92. The largest absolute Gasteiger partial charge is 0.481 e. The van der Waals surface area contributed by atoms with Crippen LogP contribution in [0.1, 0.15) is 33.1 Å². The molecule has 0 radical (unpaired) electrons. The third-order valence-corrected chi connectivity index (χ3v) is 2.25. The van der Waals surface area contributed by atoms with Crippen molar-refractivity contribution in [1.82, 2.24) is 10.2 Å². The van der Waals surface area contributed by atoms with Crippen molar-refractivity contribution in [2.24, 2.45) is 0 Å². The summed E-state index contributed by atoms with van der Waals surface area (Å²) in [7, 11) is 0. The number of rotatable bonds is 8. The zero-order valence-electron chi connectivity index (χ0n) is 10.7. The number of aliphatic carboxylic acids is 2. The second kappa shape index (κ2) is 8.32. The molecule has 0 saturated heterocycles. The maximum atomic E-state index is 11.8. The van der Waals surface area contributed by atoms with E-state index in [0.29, 0.717) is 13.1 Å². The van der Waals surface area contributed by atoms with Gasteiger partial charge in [0.1, 0.15) is 6.04 Å². The summed E-state index contributed by atoms with van der Waals surface area (Å²) in [6, 6.07) is -1.93. The van der Waals surface area contributed by atoms with Crippen LogP contribution in [0.4, 0.5) is 4.79 Å². The van der Waals surface area contributed by atoms with Crippen molar-refractivity contribution in [3.8, 4) is 0 Å². The molecule has 7 nitrogen and oxygen atoms in total. The maximum Gasteiger partial charge on any atom is 0.326 e. The Labute approximate surface area is 106 Å². The molecule has 1 unspecified atom stereocenters. The molecule has 2 amide bonds. The number of hydrogen-bond donors (Lipinski definition) is 3. The highest BCUT2D eigenvalue weighted by Gasteiger charge is 2.24. The van der Waals surface area contributed by atoms with Gasteiger partial charge in [-0.15, -0.1) is 0 Å². The van der Waals surface area contributed by atoms with Gasteiger partial charge in [0.15, 0.2) is 0 Å². The standard InChI is InChI=1S/C11H20N2O5/c1-3-5-13(6-4-2)11(18)12-8(10(16)17)7-9(14)15/h8H,3-7H2,1-2H3,(H,12,18)(H,14,15)(H,16,17). The molecule has 0 saturated carbocycles. The smallest absolute Gasteiger partial charge is 0.326 e. The number of nitrogens with zero attached hydrogens (tertiary/aromatic N) is 1. The number of carboxylic acid groups (broad SMARTS) is 2. The molecule has 0 aliphatic heterocycles. The lowest BCUT2D eigenvalue weighted by Gasteiger charge is -2.23. The second-order valence-corrected chi connectivity index (χ2v) is 3.93. The van der Waals surface area contributed by atoms with Crippen molar-refractivity contribution in [2.45, 2.75) is 39.2 Å². The maximum absolute atomic E-state index is 11.8. The van der Waals surface area contributed by atoms with Crippen molar-refractivity contribution in [1.29, 1.82) is 0 Å². The normalized spacial score (nSPS) is 11.7. The van der Waals surface area contributed by atoms with Gasteiger partial charge in [-0.1, -0.05) is 13.8 Å². The average molecular weight is 260 g/mol. The van der Waals surface area contributed by atoms with Gasteiger partial charge in [0.05, 0.1) is 6.42 Å². The quantitative estimate of drug-likeness (QED) is 0.597. The highest BCUT2D eigenvalue weighted by atomic mass is 16.4. The van der Waals surface area contributed by atoms with Crippen molar-refractivity contribution in [3.63, 3.8) is 0 Å². The van der Waals surface area contributed by atoms with E-state index in [9.17, 15) is 14.4 Å². The summed E-state index contributed by atoms with van der Waals surface area (Å²) in [6.07, 6.45) is 0.876. The van der Waals surface area contributed by atoms with E-state index in [0.717, 1.165) is 12.8 Å². The van der Waals surface area contributed by atoms with Gasteiger partial charge in [-0.3, -0.25) is 4.79 Å². The molecule has 104 valence electrons. The fraction of sp³-hybridized carbons (Fsp3) is 0.727. The Morgan fingerprint density at radius 2 is 1.61 bits per heavy atom. The van der Waals surface area contributed by atoms with Gasteiger partial charge in [-0.05, 0) is 12.8 Å². The van der Waals surface area contributed by atoms with E-state index in [1.807, 2.05) is 13.8 Å². The molecule has 0 bridgehead atoms. The Hall–Kier alpha value is -1.79. The summed E-state index contributed by atoms with van der Waals surface area (Å²) in [5.41, 5.74) is 0. The lowest BCUT2D eigenvalue weighted by atomic mass is 10.2. The second-order valence-electron chi connectivity index (χ2n) is 3.93. The average Bonchev–Trinajstić information content (AvgIpc) is 2.27. The molecule has 0 fully saturated rings. The fourth-order valence-corrected chi connectivity index (χ4v) is 1.47. The fourth-order valence-electron chi connectivity index (χ4n) is 1.47. The van der Waals surface area contributed by atoms with Crippen molar-refractivity contribution in [3.05, 3.63) is 0 Å². The number of nitrogens with one attached hydrogen (secondary N) is 1. The van der Waals surface area contributed by atoms with Crippen molar-refractivity contribution < 1.29 is 24.6 Å².